The number of carbonyl (C=O) groups is 2. The molecule has 3 N–H and O–H groups in total. The molecule has 1 heterocycles. The molecule has 1 aliphatic carbocycles. The maximum atomic E-state index is 11.8. The van der Waals surface area contributed by atoms with Crippen molar-refractivity contribution >= 4 is 11.8 Å². The highest BCUT2D eigenvalue weighted by Gasteiger charge is 2.24. The monoisotopic (exact) mass is 239 g/mol. The molecule has 1 atom stereocenters. The third-order valence-corrected chi connectivity index (χ3v) is 3.24. The summed E-state index contributed by atoms with van der Waals surface area (Å²) in [6.07, 6.45) is 6.41. The van der Waals surface area contributed by atoms with Gasteiger partial charge in [-0.15, -0.1) is 0 Å². The molecular weight excluding hydrogens is 218 g/mol. The zero-order valence-electron chi connectivity index (χ0n) is 10.1. The van der Waals surface area contributed by atoms with Crippen molar-refractivity contribution in [1.82, 2.24) is 16.0 Å². The first-order valence-corrected chi connectivity index (χ1v) is 6.56. The molecule has 0 radical (unpaired) electrons. The third-order valence-electron chi connectivity index (χ3n) is 3.24. The van der Waals surface area contributed by atoms with E-state index < -0.39 is 0 Å². The molecule has 0 aromatic carbocycles. The van der Waals surface area contributed by atoms with Crippen molar-refractivity contribution in [1.29, 1.82) is 0 Å². The van der Waals surface area contributed by atoms with Crippen LogP contribution < -0.4 is 16.0 Å². The lowest BCUT2D eigenvalue weighted by Gasteiger charge is -2.15. The van der Waals surface area contributed by atoms with E-state index in [0.717, 1.165) is 38.6 Å². The lowest BCUT2D eigenvalue weighted by atomic mass is 10.1. The Balaban J connectivity index is 1.66. The minimum atomic E-state index is -0.119. The van der Waals surface area contributed by atoms with Crippen LogP contribution in [0.3, 0.4) is 0 Å². The van der Waals surface area contributed by atoms with Gasteiger partial charge in [-0.1, -0.05) is 12.8 Å². The van der Waals surface area contributed by atoms with Crippen LogP contribution in [0.2, 0.25) is 0 Å². The molecule has 1 saturated carbocycles. The molecule has 0 aromatic rings. The van der Waals surface area contributed by atoms with Crippen LogP contribution in [0.15, 0.2) is 0 Å². The maximum absolute atomic E-state index is 11.8. The topological polar surface area (TPSA) is 70.2 Å². The van der Waals surface area contributed by atoms with Gasteiger partial charge in [-0.2, -0.15) is 0 Å². The van der Waals surface area contributed by atoms with E-state index >= 15 is 0 Å². The maximum Gasteiger partial charge on any atom is 0.239 e. The van der Waals surface area contributed by atoms with Gasteiger partial charge in [-0.25, -0.2) is 0 Å². The van der Waals surface area contributed by atoms with E-state index in [1.807, 2.05) is 0 Å². The van der Waals surface area contributed by atoms with E-state index in [0.29, 0.717) is 6.04 Å². The van der Waals surface area contributed by atoms with Crippen molar-refractivity contribution in [3.8, 4) is 0 Å². The highest BCUT2D eigenvalue weighted by Crippen LogP contribution is 2.18. The number of hydrogen-bond donors (Lipinski definition) is 3. The Kier molecular flexibility index (Phi) is 4.36. The Bertz CT molecular complexity index is 281. The number of carbonyl (C=O) groups excluding carboxylic acids is 2. The first kappa shape index (κ1) is 12.4. The quantitative estimate of drug-likeness (QED) is 0.642. The molecule has 17 heavy (non-hydrogen) atoms. The molecule has 2 amide bonds. The van der Waals surface area contributed by atoms with Crippen molar-refractivity contribution < 1.29 is 9.59 Å². The van der Waals surface area contributed by atoms with E-state index in [-0.39, 0.29) is 24.4 Å². The normalized spacial score (nSPS) is 24.8. The Hall–Kier alpha value is -1.10. The van der Waals surface area contributed by atoms with Gasteiger partial charge in [-0.3, -0.25) is 9.59 Å². The van der Waals surface area contributed by atoms with Gasteiger partial charge in [-0.05, 0) is 32.2 Å². The summed E-state index contributed by atoms with van der Waals surface area (Å²) in [4.78, 5) is 23.2. The van der Waals surface area contributed by atoms with Crippen molar-refractivity contribution in [3.63, 3.8) is 0 Å². The van der Waals surface area contributed by atoms with Crippen molar-refractivity contribution in [2.24, 2.45) is 0 Å². The van der Waals surface area contributed by atoms with Crippen LogP contribution in [-0.2, 0) is 9.59 Å². The van der Waals surface area contributed by atoms with E-state index in [4.69, 9.17) is 0 Å². The molecule has 0 aromatic heterocycles. The van der Waals surface area contributed by atoms with Gasteiger partial charge in [0.1, 0.15) is 0 Å². The van der Waals surface area contributed by atoms with Crippen molar-refractivity contribution in [2.75, 3.05) is 13.1 Å². The molecule has 0 bridgehead atoms. The average Bonchev–Trinajstić information content (AvgIpc) is 3.11. The fourth-order valence-corrected chi connectivity index (χ4v) is 2.05. The van der Waals surface area contributed by atoms with Gasteiger partial charge < -0.3 is 16.0 Å². The van der Waals surface area contributed by atoms with Crippen LogP contribution >= 0.6 is 0 Å². The molecule has 2 fully saturated rings. The summed E-state index contributed by atoms with van der Waals surface area (Å²) >= 11 is 0. The predicted molar refractivity (Wildman–Crippen MR) is 64.4 cm³/mol. The first-order chi connectivity index (χ1) is 8.25. The summed E-state index contributed by atoms with van der Waals surface area (Å²) < 4.78 is 0. The van der Waals surface area contributed by atoms with E-state index in [1.165, 1.54) is 6.42 Å². The molecule has 5 heteroatoms. The summed E-state index contributed by atoms with van der Waals surface area (Å²) in [5, 5.41) is 8.76. The minimum absolute atomic E-state index is 0.0437. The summed E-state index contributed by atoms with van der Waals surface area (Å²) in [5.74, 6) is -0.118. The van der Waals surface area contributed by atoms with Crippen molar-refractivity contribution in [3.05, 3.63) is 0 Å². The van der Waals surface area contributed by atoms with Gasteiger partial charge in [0.15, 0.2) is 0 Å². The fraction of sp³-hybridized carbons (Fsp3) is 0.833. The van der Waals surface area contributed by atoms with Crippen LogP contribution in [-0.4, -0.2) is 37.0 Å². The Morgan fingerprint density at radius 1 is 1.12 bits per heavy atom. The molecule has 1 unspecified atom stereocenters. The fourth-order valence-electron chi connectivity index (χ4n) is 2.05. The van der Waals surface area contributed by atoms with Gasteiger partial charge in [0, 0.05) is 6.04 Å². The van der Waals surface area contributed by atoms with Crippen LogP contribution in [0.4, 0.5) is 0 Å². The molecule has 5 nitrogen and oxygen atoms in total. The van der Waals surface area contributed by atoms with Crippen LogP contribution in [0.1, 0.15) is 38.5 Å². The predicted octanol–water partition coefficient (Wildman–Crippen LogP) is -0.0866. The zero-order chi connectivity index (χ0) is 12.1. The van der Waals surface area contributed by atoms with Gasteiger partial charge in [0.25, 0.3) is 0 Å². The van der Waals surface area contributed by atoms with Gasteiger partial charge in [0.05, 0.1) is 12.6 Å². The molecule has 2 aliphatic rings. The van der Waals surface area contributed by atoms with Crippen LogP contribution in [0, 0.1) is 0 Å². The van der Waals surface area contributed by atoms with Crippen molar-refractivity contribution in [2.45, 2.75) is 50.6 Å². The lowest BCUT2D eigenvalue weighted by molar-refractivity contribution is -0.127. The lowest BCUT2D eigenvalue weighted by Crippen LogP contribution is -2.47. The summed E-state index contributed by atoms with van der Waals surface area (Å²) in [7, 11) is 0. The Morgan fingerprint density at radius 3 is 2.71 bits per heavy atom. The second kappa shape index (κ2) is 6.00. The molecule has 2 rings (SSSR count). The second-order valence-corrected chi connectivity index (χ2v) is 4.92. The molecular formula is C12H21N3O2. The van der Waals surface area contributed by atoms with Gasteiger partial charge in [0.2, 0.25) is 11.8 Å². The van der Waals surface area contributed by atoms with E-state index in [1.54, 1.807) is 0 Å². The zero-order valence-corrected chi connectivity index (χ0v) is 10.1. The highest BCUT2D eigenvalue weighted by molar-refractivity contribution is 5.87. The summed E-state index contributed by atoms with van der Waals surface area (Å²) in [6.45, 7) is 1.000. The average molecular weight is 239 g/mol. The highest BCUT2D eigenvalue weighted by atomic mass is 16.2. The third kappa shape index (κ3) is 4.34. The SMILES string of the molecule is O=C(CNC(=O)C1CCCCCN1)NC1CC1. The summed E-state index contributed by atoms with van der Waals surface area (Å²) in [6, 6.07) is 0.238. The number of nitrogens with one attached hydrogen (secondary N) is 3. The molecule has 0 spiro atoms. The number of amides is 2. The van der Waals surface area contributed by atoms with E-state index in [2.05, 4.69) is 16.0 Å². The summed E-state index contributed by atoms with van der Waals surface area (Å²) in [5.41, 5.74) is 0. The first-order valence-electron chi connectivity index (χ1n) is 6.56. The van der Waals surface area contributed by atoms with Gasteiger partial charge >= 0.3 is 0 Å². The smallest absolute Gasteiger partial charge is 0.239 e. The molecule has 1 saturated heterocycles. The molecule has 96 valence electrons. The molecule has 1 aliphatic heterocycles. The Morgan fingerprint density at radius 2 is 1.94 bits per heavy atom. The minimum Gasteiger partial charge on any atom is -0.352 e. The van der Waals surface area contributed by atoms with E-state index in [9.17, 15) is 9.59 Å². The van der Waals surface area contributed by atoms with Crippen LogP contribution in [0.5, 0.6) is 0 Å². The standard InChI is InChI=1S/C12H21N3O2/c16-11(15-9-5-6-9)8-14-12(17)10-4-2-1-3-7-13-10/h9-10,13H,1-8H2,(H,14,17)(H,15,16). The number of hydrogen-bond acceptors (Lipinski definition) is 3. The van der Waals surface area contributed by atoms with Crippen LogP contribution in [0.25, 0.3) is 0 Å². The largest absolute Gasteiger partial charge is 0.352 e. The Labute approximate surface area is 102 Å². The second-order valence-electron chi connectivity index (χ2n) is 4.92. The number of rotatable bonds is 4.